The molecule has 4 aromatic rings. The summed E-state index contributed by atoms with van der Waals surface area (Å²) >= 11 is 1.53. The molecular formula is C28H28N2O2S. The average Bonchev–Trinajstić information content (AvgIpc) is 3.16. The first kappa shape index (κ1) is 22.7. The molecule has 0 aliphatic heterocycles. The molecule has 0 bridgehead atoms. The summed E-state index contributed by atoms with van der Waals surface area (Å²) in [7, 11) is 1.97. The van der Waals surface area contributed by atoms with Crippen molar-refractivity contribution >= 4 is 17.2 Å². The lowest BCUT2D eigenvalue weighted by molar-refractivity contribution is 0.0998. The minimum absolute atomic E-state index is 0.262. The first-order valence-electron chi connectivity index (χ1n) is 11.2. The van der Waals surface area contributed by atoms with Crippen molar-refractivity contribution in [2.75, 3.05) is 6.61 Å². The second-order valence-electron chi connectivity index (χ2n) is 8.00. The van der Waals surface area contributed by atoms with Gasteiger partial charge in [0.05, 0.1) is 17.2 Å². The highest BCUT2D eigenvalue weighted by molar-refractivity contribution is 7.13. The summed E-state index contributed by atoms with van der Waals surface area (Å²) in [5, 5.41) is 0. The van der Waals surface area contributed by atoms with Gasteiger partial charge in [-0.1, -0.05) is 84.8 Å². The first-order chi connectivity index (χ1) is 16.1. The number of carbonyl (C=O) groups is 1. The van der Waals surface area contributed by atoms with Crippen LogP contribution < -0.4 is 9.54 Å². The lowest BCUT2D eigenvalue weighted by Gasteiger charge is -2.08. The lowest BCUT2D eigenvalue weighted by Crippen LogP contribution is -2.14. The number of thiazole rings is 1. The van der Waals surface area contributed by atoms with E-state index in [0.29, 0.717) is 17.0 Å². The Morgan fingerprint density at radius 3 is 2.30 bits per heavy atom. The Hall–Kier alpha value is -3.44. The molecule has 1 heterocycles. The van der Waals surface area contributed by atoms with E-state index in [9.17, 15) is 4.79 Å². The van der Waals surface area contributed by atoms with E-state index in [1.807, 2.05) is 41.9 Å². The third-order valence-corrected chi connectivity index (χ3v) is 6.64. The van der Waals surface area contributed by atoms with E-state index in [0.717, 1.165) is 40.3 Å². The Bertz CT molecular complexity index is 1280. The van der Waals surface area contributed by atoms with Crippen molar-refractivity contribution in [2.24, 2.45) is 12.0 Å². The van der Waals surface area contributed by atoms with Crippen LogP contribution in [0.5, 0.6) is 5.75 Å². The molecule has 4 rings (SSSR count). The van der Waals surface area contributed by atoms with E-state index in [4.69, 9.17) is 4.74 Å². The smallest absolute Gasteiger partial charge is 0.279 e. The maximum absolute atomic E-state index is 13.0. The number of ether oxygens (including phenoxy) is 1. The number of aryl methyl sites for hydroxylation is 1. The molecule has 0 spiro atoms. The number of unbranched alkanes of at least 4 members (excludes halogenated alkanes) is 1. The number of nitrogens with zero attached hydrogens (tertiary/aromatic N) is 2. The highest BCUT2D eigenvalue weighted by atomic mass is 32.1. The molecule has 0 aliphatic rings. The van der Waals surface area contributed by atoms with Gasteiger partial charge in [-0.2, -0.15) is 4.99 Å². The molecule has 1 amide bonds. The molecule has 3 aromatic carbocycles. The van der Waals surface area contributed by atoms with Gasteiger partial charge in [-0.3, -0.25) is 4.79 Å². The number of aromatic nitrogens is 1. The standard InChI is InChI=1S/C28H28N2O2S/c1-4-5-19-32-24-17-15-23(16-18-24)27(31)29-28-30(3)25(21-13-11-20(2)12-14-21)26(33-28)22-9-7-6-8-10-22/h6-18H,4-5,19H2,1-3H3. The van der Waals surface area contributed by atoms with Crippen LogP contribution in [0.25, 0.3) is 21.7 Å². The molecular weight excluding hydrogens is 428 g/mol. The van der Waals surface area contributed by atoms with E-state index in [1.54, 1.807) is 12.1 Å². The van der Waals surface area contributed by atoms with Crippen molar-refractivity contribution in [1.29, 1.82) is 0 Å². The van der Waals surface area contributed by atoms with Gasteiger partial charge in [-0.15, -0.1) is 0 Å². The van der Waals surface area contributed by atoms with Crippen molar-refractivity contribution in [3.05, 3.63) is 94.8 Å². The van der Waals surface area contributed by atoms with E-state index in [2.05, 4.69) is 55.2 Å². The Labute approximate surface area is 198 Å². The second kappa shape index (κ2) is 10.5. The number of amides is 1. The molecule has 0 N–H and O–H groups in total. The van der Waals surface area contributed by atoms with Crippen LogP contribution in [0.15, 0.2) is 83.9 Å². The van der Waals surface area contributed by atoms with Gasteiger partial charge in [0.25, 0.3) is 5.91 Å². The second-order valence-corrected chi connectivity index (χ2v) is 8.97. The van der Waals surface area contributed by atoms with Crippen LogP contribution in [-0.2, 0) is 7.05 Å². The predicted octanol–water partition coefficient (Wildman–Crippen LogP) is 6.65. The zero-order chi connectivity index (χ0) is 23.2. The van der Waals surface area contributed by atoms with Gasteiger partial charge in [-0.25, -0.2) is 0 Å². The molecule has 168 valence electrons. The molecule has 0 radical (unpaired) electrons. The van der Waals surface area contributed by atoms with Crippen LogP contribution >= 0.6 is 11.3 Å². The van der Waals surface area contributed by atoms with Gasteiger partial charge < -0.3 is 9.30 Å². The Morgan fingerprint density at radius 2 is 1.64 bits per heavy atom. The van der Waals surface area contributed by atoms with Crippen LogP contribution in [0.4, 0.5) is 0 Å². The minimum atomic E-state index is -0.262. The first-order valence-corrected chi connectivity index (χ1v) is 12.0. The SMILES string of the molecule is CCCCOc1ccc(C(=O)N=c2sc(-c3ccccc3)c(-c3ccc(C)cc3)n2C)cc1. The summed E-state index contributed by atoms with van der Waals surface area (Å²) in [4.78, 5) is 19.2. The van der Waals surface area contributed by atoms with Crippen LogP contribution in [0.1, 0.15) is 35.7 Å². The van der Waals surface area contributed by atoms with Crippen molar-refractivity contribution < 1.29 is 9.53 Å². The predicted molar refractivity (Wildman–Crippen MR) is 136 cm³/mol. The zero-order valence-corrected chi connectivity index (χ0v) is 20.1. The fourth-order valence-electron chi connectivity index (χ4n) is 3.55. The van der Waals surface area contributed by atoms with Crippen molar-refractivity contribution in [3.63, 3.8) is 0 Å². The third kappa shape index (κ3) is 5.32. The van der Waals surface area contributed by atoms with Crippen molar-refractivity contribution in [3.8, 4) is 27.4 Å². The highest BCUT2D eigenvalue weighted by Crippen LogP contribution is 2.34. The van der Waals surface area contributed by atoms with Gasteiger partial charge in [-0.05, 0) is 48.7 Å². The summed E-state index contributed by atoms with van der Waals surface area (Å²) < 4.78 is 7.71. The van der Waals surface area contributed by atoms with E-state index < -0.39 is 0 Å². The van der Waals surface area contributed by atoms with E-state index in [-0.39, 0.29) is 5.91 Å². The van der Waals surface area contributed by atoms with Gasteiger partial charge in [0.15, 0.2) is 4.80 Å². The molecule has 1 aromatic heterocycles. The van der Waals surface area contributed by atoms with Crippen molar-refractivity contribution in [1.82, 2.24) is 4.57 Å². The van der Waals surface area contributed by atoms with Crippen LogP contribution in [-0.4, -0.2) is 17.1 Å². The zero-order valence-electron chi connectivity index (χ0n) is 19.2. The molecule has 0 aliphatic carbocycles. The summed E-state index contributed by atoms with van der Waals surface area (Å²) in [6, 6.07) is 25.9. The summed E-state index contributed by atoms with van der Waals surface area (Å²) in [6.07, 6.45) is 2.10. The Kier molecular flexibility index (Phi) is 7.20. The normalized spacial score (nSPS) is 11.5. The topological polar surface area (TPSA) is 43.6 Å². The number of hydrogen-bond donors (Lipinski definition) is 0. The summed E-state index contributed by atoms with van der Waals surface area (Å²) in [5.74, 6) is 0.511. The molecule has 4 nitrogen and oxygen atoms in total. The monoisotopic (exact) mass is 456 g/mol. The van der Waals surface area contributed by atoms with Crippen LogP contribution in [0.2, 0.25) is 0 Å². The molecule has 0 unspecified atom stereocenters. The molecule has 33 heavy (non-hydrogen) atoms. The third-order valence-electron chi connectivity index (χ3n) is 5.46. The average molecular weight is 457 g/mol. The van der Waals surface area contributed by atoms with Gasteiger partial charge in [0.2, 0.25) is 0 Å². The summed E-state index contributed by atoms with van der Waals surface area (Å²) in [5.41, 5.74) is 5.01. The fourth-order valence-corrected chi connectivity index (χ4v) is 4.70. The Balaban J connectivity index is 1.72. The number of hydrogen-bond acceptors (Lipinski definition) is 3. The van der Waals surface area contributed by atoms with Crippen LogP contribution in [0.3, 0.4) is 0 Å². The molecule has 0 saturated carbocycles. The fraction of sp³-hybridized carbons (Fsp3) is 0.214. The van der Waals surface area contributed by atoms with Crippen molar-refractivity contribution in [2.45, 2.75) is 26.7 Å². The number of carbonyl (C=O) groups excluding carboxylic acids is 1. The summed E-state index contributed by atoms with van der Waals surface area (Å²) in [6.45, 7) is 4.89. The van der Waals surface area contributed by atoms with Gasteiger partial charge >= 0.3 is 0 Å². The van der Waals surface area contributed by atoms with E-state index >= 15 is 0 Å². The van der Waals surface area contributed by atoms with Crippen LogP contribution in [0, 0.1) is 6.92 Å². The molecule has 0 saturated heterocycles. The lowest BCUT2D eigenvalue weighted by atomic mass is 10.1. The minimum Gasteiger partial charge on any atom is -0.494 e. The molecule has 5 heteroatoms. The maximum Gasteiger partial charge on any atom is 0.279 e. The molecule has 0 fully saturated rings. The number of rotatable bonds is 7. The quantitative estimate of drug-likeness (QED) is 0.292. The largest absolute Gasteiger partial charge is 0.494 e. The maximum atomic E-state index is 13.0. The molecule has 0 atom stereocenters. The Morgan fingerprint density at radius 1 is 0.939 bits per heavy atom. The highest BCUT2D eigenvalue weighted by Gasteiger charge is 2.16. The van der Waals surface area contributed by atoms with E-state index in [1.165, 1.54) is 16.9 Å². The van der Waals surface area contributed by atoms with Gasteiger partial charge in [0, 0.05) is 12.6 Å². The van der Waals surface area contributed by atoms with Gasteiger partial charge in [0.1, 0.15) is 5.75 Å². The number of benzene rings is 3.